The van der Waals surface area contributed by atoms with Crippen molar-refractivity contribution in [1.29, 1.82) is 0 Å². The highest BCUT2D eigenvalue weighted by Gasteiger charge is 2.21. The van der Waals surface area contributed by atoms with Crippen molar-refractivity contribution in [2.24, 2.45) is 0 Å². The molecule has 1 aromatic rings. The fourth-order valence-corrected chi connectivity index (χ4v) is 1.81. The Morgan fingerprint density at radius 2 is 2.30 bits per heavy atom. The molecule has 8 heteroatoms. The summed E-state index contributed by atoms with van der Waals surface area (Å²) in [6.45, 7) is -0.0207. The van der Waals surface area contributed by atoms with Crippen molar-refractivity contribution in [3.8, 4) is 5.75 Å². The second-order valence-electron chi connectivity index (χ2n) is 4.05. The van der Waals surface area contributed by atoms with Gasteiger partial charge in [-0.3, -0.25) is 10.1 Å². The predicted octanol–water partition coefficient (Wildman–Crippen LogP) is 1.15. The Morgan fingerprint density at radius 1 is 1.50 bits per heavy atom. The van der Waals surface area contributed by atoms with E-state index >= 15 is 0 Å². The highest BCUT2D eigenvalue weighted by molar-refractivity contribution is 5.70. The van der Waals surface area contributed by atoms with Crippen LogP contribution in [0.5, 0.6) is 5.75 Å². The molecule has 0 aliphatic carbocycles. The first-order chi connectivity index (χ1) is 9.61. The van der Waals surface area contributed by atoms with E-state index < -0.39 is 10.9 Å². The van der Waals surface area contributed by atoms with E-state index in [1.807, 2.05) is 0 Å². The number of nitro groups is 1. The van der Waals surface area contributed by atoms with E-state index in [0.717, 1.165) is 0 Å². The van der Waals surface area contributed by atoms with Crippen molar-refractivity contribution >= 4 is 11.7 Å². The summed E-state index contributed by atoms with van der Waals surface area (Å²) in [5.74, 6) is -0.0908. The molecule has 0 N–H and O–H groups in total. The maximum absolute atomic E-state index is 11.3. The number of fused-ring (bicyclic) bond motifs is 1. The quantitative estimate of drug-likeness (QED) is 0.454. The number of non-ortho nitro benzene ring substituents is 1. The lowest BCUT2D eigenvalue weighted by Crippen LogP contribution is -2.16. The van der Waals surface area contributed by atoms with Crippen molar-refractivity contribution in [3.63, 3.8) is 0 Å². The molecule has 0 amide bonds. The predicted molar refractivity (Wildman–Crippen MR) is 65.1 cm³/mol. The number of ether oxygens (including phenoxy) is 4. The third-order valence-electron chi connectivity index (χ3n) is 2.63. The standard InChI is InChI=1S/C12H13NO7/c1-17-6-11(14)19-5-9-3-10(13(15)16)2-8-4-18-7-20-12(8)9/h2-3H,4-7H2,1H3. The third kappa shape index (κ3) is 3.22. The molecule has 0 saturated carbocycles. The summed E-state index contributed by atoms with van der Waals surface area (Å²) in [4.78, 5) is 21.6. The van der Waals surface area contributed by atoms with Gasteiger partial charge in [0.05, 0.1) is 11.5 Å². The van der Waals surface area contributed by atoms with Gasteiger partial charge in [-0.2, -0.15) is 0 Å². The van der Waals surface area contributed by atoms with Crippen LogP contribution in [0.1, 0.15) is 11.1 Å². The number of carbonyl (C=O) groups excluding carboxylic acids is 1. The topological polar surface area (TPSA) is 97.1 Å². The average Bonchev–Trinajstić information content (AvgIpc) is 2.44. The van der Waals surface area contributed by atoms with Crippen LogP contribution in [0.3, 0.4) is 0 Å². The Kier molecular flexibility index (Phi) is 4.49. The van der Waals surface area contributed by atoms with E-state index in [1.165, 1.54) is 19.2 Å². The van der Waals surface area contributed by atoms with Crippen LogP contribution < -0.4 is 4.74 Å². The molecule has 0 fully saturated rings. The van der Waals surface area contributed by atoms with Gasteiger partial charge >= 0.3 is 5.97 Å². The molecule has 1 aliphatic heterocycles. The van der Waals surface area contributed by atoms with Gasteiger partial charge in [0.15, 0.2) is 6.79 Å². The number of benzene rings is 1. The van der Waals surface area contributed by atoms with Crippen LogP contribution in [0.2, 0.25) is 0 Å². The van der Waals surface area contributed by atoms with Crippen molar-refractivity contribution in [2.45, 2.75) is 13.2 Å². The zero-order valence-corrected chi connectivity index (χ0v) is 10.8. The molecule has 0 radical (unpaired) electrons. The molecule has 0 bridgehead atoms. The van der Waals surface area contributed by atoms with E-state index in [-0.39, 0.29) is 32.3 Å². The SMILES string of the molecule is COCC(=O)OCc1cc([N+](=O)[O-])cc2c1OCOC2. The number of methoxy groups -OCH3 is 1. The van der Waals surface area contributed by atoms with Gasteiger partial charge in [-0.05, 0) is 0 Å². The maximum Gasteiger partial charge on any atom is 0.332 e. The first-order valence-corrected chi connectivity index (χ1v) is 5.77. The van der Waals surface area contributed by atoms with E-state index in [2.05, 4.69) is 4.74 Å². The lowest BCUT2D eigenvalue weighted by atomic mass is 10.1. The summed E-state index contributed by atoms with van der Waals surface area (Å²) in [5, 5.41) is 10.9. The van der Waals surface area contributed by atoms with E-state index in [0.29, 0.717) is 16.9 Å². The van der Waals surface area contributed by atoms with Gasteiger partial charge in [0.1, 0.15) is 19.0 Å². The van der Waals surface area contributed by atoms with Gasteiger partial charge in [0.25, 0.3) is 5.69 Å². The number of rotatable bonds is 5. The van der Waals surface area contributed by atoms with Crippen LogP contribution in [0.4, 0.5) is 5.69 Å². The van der Waals surface area contributed by atoms with Gasteiger partial charge in [0, 0.05) is 30.4 Å². The zero-order valence-electron chi connectivity index (χ0n) is 10.8. The second-order valence-corrected chi connectivity index (χ2v) is 4.05. The Hall–Kier alpha value is -2.19. The number of nitrogens with zero attached hydrogens (tertiary/aromatic N) is 1. The molecule has 108 valence electrons. The summed E-state index contributed by atoms with van der Waals surface area (Å²) in [6, 6.07) is 2.71. The van der Waals surface area contributed by atoms with Gasteiger partial charge in [0.2, 0.25) is 0 Å². The minimum Gasteiger partial charge on any atom is -0.467 e. The van der Waals surface area contributed by atoms with Crippen molar-refractivity contribution in [2.75, 3.05) is 20.5 Å². The van der Waals surface area contributed by atoms with Crippen LogP contribution >= 0.6 is 0 Å². The summed E-state index contributed by atoms with van der Waals surface area (Å²) in [5.41, 5.74) is 0.890. The average molecular weight is 283 g/mol. The highest BCUT2D eigenvalue weighted by atomic mass is 16.7. The molecule has 20 heavy (non-hydrogen) atoms. The van der Waals surface area contributed by atoms with Gasteiger partial charge in [-0.25, -0.2) is 4.79 Å². The molecule has 1 heterocycles. The Balaban J connectivity index is 2.23. The molecule has 1 aliphatic rings. The van der Waals surface area contributed by atoms with E-state index in [9.17, 15) is 14.9 Å². The first kappa shape index (κ1) is 14.2. The summed E-state index contributed by atoms with van der Waals surface area (Å²) >= 11 is 0. The van der Waals surface area contributed by atoms with Crippen LogP contribution in [0.15, 0.2) is 12.1 Å². The molecule has 8 nitrogen and oxygen atoms in total. The fraction of sp³-hybridized carbons (Fsp3) is 0.417. The van der Waals surface area contributed by atoms with Crippen LogP contribution in [-0.2, 0) is 32.2 Å². The smallest absolute Gasteiger partial charge is 0.332 e. The molecule has 0 saturated heterocycles. The number of hydrogen-bond acceptors (Lipinski definition) is 7. The monoisotopic (exact) mass is 283 g/mol. The van der Waals surface area contributed by atoms with Gasteiger partial charge < -0.3 is 18.9 Å². The normalized spacial score (nSPS) is 13.2. The molecular formula is C12H13NO7. The van der Waals surface area contributed by atoms with Crippen LogP contribution in [0.25, 0.3) is 0 Å². The molecule has 0 spiro atoms. The first-order valence-electron chi connectivity index (χ1n) is 5.77. The number of esters is 1. The summed E-state index contributed by atoms with van der Waals surface area (Å²) in [6.07, 6.45) is 0. The Morgan fingerprint density at radius 3 is 3.00 bits per heavy atom. The van der Waals surface area contributed by atoms with Crippen molar-refractivity contribution in [3.05, 3.63) is 33.4 Å². The van der Waals surface area contributed by atoms with Crippen molar-refractivity contribution in [1.82, 2.24) is 0 Å². The molecule has 0 atom stereocenters. The lowest BCUT2D eigenvalue weighted by Gasteiger charge is -2.20. The third-order valence-corrected chi connectivity index (χ3v) is 2.63. The van der Waals surface area contributed by atoms with Gasteiger partial charge in [-0.15, -0.1) is 0 Å². The maximum atomic E-state index is 11.3. The summed E-state index contributed by atoms with van der Waals surface area (Å²) in [7, 11) is 1.37. The minimum absolute atomic E-state index is 0.0594. The summed E-state index contributed by atoms with van der Waals surface area (Å²) < 4.78 is 20.0. The molecule has 2 rings (SSSR count). The van der Waals surface area contributed by atoms with Gasteiger partial charge in [-0.1, -0.05) is 0 Å². The van der Waals surface area contributed by atoms with Crippen LogP contribution in [0, 0.1) is 10.1 Å². The Labute approximate surface area is 114 Å². The minimum atomic E-state index is -0.556. The highest BCUT2D eigenvalue weighted by Crippen LogP contribution is 2.33. The fourth-order valence-electron chi connectivity index (χ4n) is 1.81. The van der Waals surface area contributed by atoms with E-state index in [4.69, 9.17) is 14.2 Å². The molecular weight excluding hydrogens is 270 g/mol. The largest absolute Gasteiger partial charge is 0.467 e. The van der Waals surface area contributed by atoms with Crippen molar-refractivity contribution < 1.29 is 28.7 Å². The molecule has 0 unspecified atom stereocenters. The van der Waals surface area contributed by atoms with Crippen LogP contribution in [-0.4, -0.2) is 31.4 Å². The van der Waals surface area contributed by atoms with E-state index in [1.54, 1.807) is 0 Å². The zero-order chi connectivity index (χ0) is 14.5. The Bertz CT molecular complexity index is 529. The number of nitro benzene ring substituents is 1. The lowest BCUT2D eigenvalue weighted by molar-refractivity contribution is -0.385. The second kappa shape index (κ2) is 6.31. The number of carbonyl (C=O) groups is 1. The number of hydrogen-bond donors (Lipinski definition) is 0. The molecule has 0 aromatic heterocycles. The molecule has 1 aromatic carbocycles.